The molecule has 0 amide bonds. The first kappa shape index (κ1) is 34.3. The molecule has 0 radical (unpaired) electrons. The number of benzene rings is 3. The summed E-state index contributed by atoms with van der Waals surface area (Å²) in [7, 11) is 0. The van der Waals surface area contributed by atoms with Gasteiger partial charge in [0, 0.05) is 46.6 Å². The Morgan fingerprint density at radius 1 is 0.980 bits per heavy atom. The third-order valence-corrected chi connectivity index (χ3v) is 9.07. The van der Waals surface area contributed by atoms with E-state index >= 15 is 0 Å². The van der Waals surface area contributed by atoms with E-state index in [1.54, 1.807) is 6.07 Å². The summed E-state index contributed by atoms with van der Waals surface area (Å²) in [5.41, 5.74) is 3.76. The summed E-state index contributed by atoms with van der Waals surface area (Å²) >= 11 is 13.0. The fraction of sp³-hybridized carbons (Fsp3) is 0.314. The van der Waals surface area contributed by atoms with Crippen LogP contribution in [-0.4, -0.2) is 49.9 Å². The number of nitrogens with one attached hydrogen (secondary N) is 2. The van der Waals surface area contributed by atoms with Crippen LogP contribution in [0.3, 0.4) is 0 Å². The van der Waals surface area contributed by atoms with Gasteiger partial charge in [0.25, 0.3) is 0 Å². The van der Waals surface area contributed by atoms with Gasteiger partial charge in [0.15, 0.2) is 0 Å². The number of alkyl halides is 3. The average Bonchev–Trinajstić information content (AvgIpc) is 3.54. The van der Waals surface area contributed by atoms with Crippen molar-refractivity contribution in [2.75, 3.05) is 23.7 Å². The Morgan fingerprint density at radius 2 is 1.67 bits per heavy atom. The second-order valence-corrected chi connectivity index (χ2v) is 13.7. The van der Waals surface area contributed by atoms with Crippen molar-refractivity contribution in [2.24, 2.45) is 0 Å². The summed E-state index contributed by atoms with van der Waals surface area (Å²) in [6, 6.07) is 18.1. The van der Waals surface area contributed by atoms with Gasteiger partial charge in [-0.3, -0.25) is 9.88 Å². The van der Waals surface area contributed by atoms with Crippen molar-refractivity contribution in [2.45, 2.75) is 57.6 Å². The molecule has 49 heavy (non-hydrogen) atoms. The van der Waals surface area contributed by atoms with Gasteiger partial charge < -0.3 is 15.4 Å². The zero-order valence-corrected chi connectivity index (χ0v) is 28.4. The van der Waals surface area contributed by atoms with Crippen LogP contribution in [0.15, 0.2) is 73.1 Å². The lowest BCUT2D eigenvalue weighted by molar-refractivity contribution is -0.274. The number of rotatable bonds is 8. The van der Waals surface area contributed by atoms with E-state index in [1.807, 2.05) is 41.2 Å². The van der Waals surface area contributed by atoms with E-state index in [4.69, 9.17) is 23.2 Å². The second kappa shape index (κ2) is 13.7. The molecule has 3 aromatic carbocycles. The third-order valence-electron chi connectivity index (χ3n) is 8.53. The van der Waals surface area contributed by atoms with Crippen LogP contribution in [0.25, 0.3) is 10.9 Å². The fourth-order valence-corrected chi connectivity index (χ4v) is 6.39. The number of ether oxygens (including phenoxy) is 1. The number of halogens is 5. The molecular weight excluding hydrogens is 676 g/mol. The smallest absolute Gasteiger partial charge is 0.406 e. The van der Waals surface area contributed by atoms with Gasteiger partial charge in [0.2, 0.25) is 0 Å². The molecule has 0 saturated carbocycles. The van der Waals surface area contributed by atoms with Crippen LogP contribution in [0.5, 0.6) is 5.75 Å². The van der Waals surface area contributed by atoms with Gasteiger partial charge >= 0.3 is 6.36 Å². The maximum absolute atomic E-state index is 12.7. The van der Waals surface area contributed by atoms with Crippen molar-refractivity contribution in [3.05, 3.63) is 99.9 Å². The molecule has 6 rings (SSSR count). The molecule has 0 spiro atoms. The molecule has 1 saturated heterocycles. The third kappa shape index (κ3) is 8.02. The zero-order valence-electron chi connectivity index (χ0n) is 26.9. The topological polar surface area (TPSA) is 104 Å². The first-order valence-corrected chi connectivity index (χ1v) is 16.4. The Hall–Kier alpha value is -4.57. The van der Waals surface area contributed by atoms with Gasteiger partial charge in [-0.05, 0) is 87.7 Å². The van der Waals surface area contributed by atoms with E-state index in [0.717, 1.165) is 31.5 Å². The standard InChI is InChI=1S/C35H33Cl2F3N8O/c1-34(2,3)47-14-12-26(13-15-47)48-20-30(45-46-48)32(21-4-6-23(36)7-5-21)44-25-16-28-31(22(18-41)19-42-33(28)29(37)17-25)43-24-8-10-27(11-9-24)49-35(38,39)40/h4-11,16-17,19-20,26,32,44H,12-15H2,1-3H3,(H,42,43)/t32-/m0/s1. The van der Waals surface area contributed by atoms with Gasteiger partial charge in [0.05, 0.1) is 40.1 Å². The molecule has 5 aromatic rings. The summed E-state index contributed by atoms with van der Waals surface area (Å²) in [4.78, 5) is 6.90. The van der Waals surface area contributed by atoms with E-state index in [2.05, 4.69) is 62.4 Å². The second-order valence-electron chi connectivity index (χ2n) is 12.9. The van der Waals surface area contributed by atoms with Gasteiger partial charge in [-0.15, -0.1) is 18.3 Å². The zero-order chi connectivity index (χ0) is 34.9. The number of piperidine rings is 1. The summed E-state index contributed by atoms with van der Waals surface area (Å²) in [5, 5.41) is 27.2. The Morgan fingerprint density at radius 3 is 2.31 bits per heavy atom. The molecule has 9 nitrogen and oxygen atoms in total. The van der Waals surface area contributed by atoms with Gasteiger partial charge in [-0.25, -0.2) is 4.68 Å². The highest BCUT2D eigenvalue weighted by molar-refractivity contribution is 6.36. The Balaban J connectivity index is 1.33. The first-order valence-electron chi connectivity index (χ1n) is 15.6. The molecule has 0 unspecified atom stereocenters. The highest BCUT2D eigenvalue weighted by atomic mass is 35.5. The first-order chi connectivity index (χ1) is 23.3. The van der Waals surface area contributed by atoms with Crippen molar-refractivity contribution in [3.8, 4) is 11.8 Å². The minimum atomic E-state index is -4.81. The molecule has 2 aromatic heterocycles. The molecule has 14 heteroatoms. The number of hydrogen-bond acceptors (Lipinski definition) is 8. The van der Waals surface area contributed by atoms with E-state index < -0.39 is 12.4 Å². The van der Waals surface area contributed by atoms with Crippen LogP contribution in [0, 0.1) is 11.3 Å². The van der Waals surface area contributed by atoms with Crippen LogP contribution in [0.2, 0.25) is 10.0 Å². The maximum Gasteiger partial charge on any atom is 0.573 e. The largest absolute Gasteiger partial charge is 0.573 e. The number of fused-ring (bicyclic) bond motifs is 1. The number of hydrogen-bond donors (Lipinski definition) is 2. The van der Waals surface area contributed by atoms with Crippen LogP contribution in [-0.2, 0) is 0 Å². The van der Waals surface area contributed by atoms with E-state index in [1.165, 1.54) is 30.5 Å². The number of nitriles is 1. The molecule has 1 atom stereocenters. The minimum absolute atomic E-state index is 0.109. The summed E-state index contributed by atoms with van der Waals surface area (Å²) < 4.78 is 44.0. The van der Waals surface area contributed by atoms with Crippen molar-refractivity contribution in [1.82, 2.24) is 24.9 Å². The molecule has 2 N–H and O–H groups in total. The van der Waals surface area contributed by atoms with Gasteiger partial charge in [-0.1, -0.05) is 40.5 Å². The van der Waals surface area contributed by atoms with E-state index in [9.17, 15) is 18.4 Å². The summed E-state index contributed by atoms with van der Waals surface area (Å²) in [6.45, 7) is 8.63. The molecule has 0 bridgehead atoms. The Kier molecular flexibility index (Phi) is 9.62. The number of pyridine rings is 1. The summed E-state index contributed by atoms with van der Waals surface area (Å²) in [5.74, 6) is -0.367. The van der Waals surface area contributed by atoms with Gasteiger partial charge in [-0.2, -0.15) is 5.26 Å². The van der Waals surface area contributed by atoms with Crippen molar-refractivity contribution in [1.29, 1.82) is 5.26 Å². The molecule has 3 heterocycles. The quantitative estimate of drug-likeness (QED) is 0.164. The minimum Gasteiger partial charge on any atom is -0.406 e. The number of likely N-dealkylation sites (tertiary alicyclic amines) is 1. The Labute approximate surface area is 291 Å². The monoisotopic (exact) mass is 708 g/mol. The number of anilines is 3. The van der Waals surface area contributed by atoms with Gasteiger partial charge in [0.1, 0.15) is 17.5 Å². The van der Waals surface area contributed by atoms with Crippen LogP contribution < -0.4 is 15.4 Å². The normalized spacial score (nSPS) is 15.2. The van der Waals surface area contributed by atoms with E-state index in [0.29, 0.717) is 43.7 Å². The van der Waals surface area contributed by atoms with Crippen molar-refractivity contribution < 1.29 is 17.9 Å². The van der Waals surface area contributed by atoms with Crippen LogP contribution in [0.4, 0.5) is 30.2 Å². The predicted octanol–water partition coefficient (Wildman–Crippen LogP) is 9.28. The lowest BCUT2D eigenvalue weighted by Gasteiger charge is -2.40. The lowest BCUT2D eigenvalue weighted by Crippen LogP contribution is -2.46. The van der Waals surface area contributed by atoms with Crippen LogP contribution >= 0.6 is 23.2 Å². The van der Waals surface area contributed by atoms with Crippen molar-refractivity contribution in [3.63, 3.8) is 0 Å². The molecular formula is C35H33Cl2F3N8O. The lowest BCUT2D eigenvalue weighted by atomic mass is 9.98. The number of aromatic nitrogens is 4. The number of nitrogens with zero attached hydrogens (tertiary/aromatic N) is 6. The molecule has 254 valence electrons. The highest BCUT2D eigenvalue weighted by Gasteiger charge is 2.31. The molecule has 1 aliphatic rings. The van der Waals surface area contributed by atoms with Crippen molar-refractivity contribution >= 4 is 51.2 Å². The predicted molar refractivity (Wildman–Crippen MR) is 184 cm³/mol. The summed E-state index contributed by atoms with van der Waals surface area (Å²) in [6.07, 6.45) is 0.474. The molecule has 0 aliphatic carbocycles. The SMILES string of the molecule is CC(C)(C)N1CCC(n2cc([C@@H](Nc3cc(Cl)c4ncc(C#N)c(Nc5ccc(OC(F)(F)F)cc5)c4c3)c3ccc(Cl)cc3)nn2)CC1. The van der Waals surface area contributed by atoms with E-state index in [-0.39, 0.29) is 22.9 Å². The average molecular weight is 710 g/mol. The Bertz CT molecular complexity index is 1980. The van der Waals surface area contributed by atoms with Crippen LogP contribution in [0.1, 0.15) is 62.5 Å². The molecule has 1 fully saturated rings. The highest BCUT2D eigenvalue weighted by Crippen LogP contribution is 2.37. The fourth-order valence-electron chi connectivity index (χ4n) is 6.00. The molecule has 1 aliphatic heterocycles. The maximum atomic E-state index is 12.7.